The van der Waals surface area contributed by atoms with E-state index in [1.165, 1.54) is 0 Å². The van der Waals surface area contributed by atoms with Gasteiger partial charge in [-0.3, -0.25) is 5.32 Å². The number of hydrogen-bond donors (Lipinski definition) is 2. The first-order valence-electron chi connectivity index (χ1n) is 14.6. The third-order valence-corrected chi connectivity index (χ3v) is 7.55. The second-order valence-electron chi connectivity index (χ2n) is 11.8. The molecule has 2 N–H and O–H groups in total. The van der Waals surface area contributed by atoms with Crippen molar-refractivity contribution in [2.24, 2.45) is 0 Å². The lowest BCUT2D eigenvalue weighted by atomic mass is 9.92. The van der Waals surface area contributed by atoms with Gasteiger partial charge in [0.05, 0.1) is 42.6 Å². The van der Waals surface area contributed by atoms with Crippen LogP contribution in [0.3, 0.4) is 0 Å². The Kier molecular flexibility index (Phi) is 7.69. The maximum atomic E-state index is 13.4. The fourth-order valence-corrected chi connectivity index (χ4v) is 5.15. The summed E-state index contributed by atoms with van der Waals surface area (Å²) in [5, 5.41) is 12.7. The van der Waals surface area contributed by atoms with Crippen molar-refractivity contribution in [3.8, 4) is 17.2 Å². The molecule has 2 aromatic heterocycles. The number of para-hydroxylation sites is 1. The summed E-state index contributed by atoms with van der Waals surface area (Å²) < 4.78 is 15.5. The zero-order valence-corrected chi connectivity index (χ0v) is 25.6. The number of methoxy groups -OCH3 is 1. The van der Waals surface area contributed by atoms with Crippen LogP contribution in [0.1, 0.15) is 32.0 Å². The molecule has 0 aliphatic rings. The number of nitrogens with zero attached hydrogens (tertiary/aromatic N) is 4. The molecule has 0 aliphatic carbocycles. The zero-order valence-electron chi connectivity index (χ0n) is 25.6. The van der Waals surface area contributed by atoms with Gasteiger partial charge >= 0.3 is 6.03 Å². The van der Waals surface area contributed by atoms with E-state index >= 15 is 0 Å². The molecule has 2 amide bonds. The van der Waals surface area contributed by atoms with E-state index < -0.39 is 0 Å². The van der Waals surface area contributed by atoms with Crippen molar-refractivity contribution in [3.63, 3.8) is 0 Å². The van der Waals surface area contributed by atoms with Crippen molar-refractivity contribution >= 4 is 39.3 Å². The highest BCUT2D eigenvalue weighted by molar-refractivity contribution is 6.07. The number of imidazole rings is 1. The van der Waals surface area contributed by atoms with Crippen LogP contribution in [0.5, 0.6) is 11.5 Å². The lowest BCUT2D eigenvalue weighted by Gasteiger charge is -2.15. The summed E-state index contributed by atoms with van der Waals surface area (Å²) in [6.07, 6.45) is 1.80. The van der Waals surface area contributed by atoms with E-state index in [-0.39, 0.29) is 11.4 Å². The van der Waals surface area contributed by atoms with Crippen molar-refractivity contribution in [1.82, 2.24) is 19.3 Å². The molecule has 0 bridgehead atoms. The average Bonchev–Trinajstić information content (AvgIpc) is 3.63. The molecule has 0 saturated carbocycles. The summed E-state index contributed by atoms with van der Waals surface area (Å²) in [6, 6.07) is 27.1. The van der Waals surface area contributed by atoms with E-state index in [2.05, 4.69) is 36.4 Å². The summed E-state index contributed by atoms with van der Waals surface area (Å²) >= 11 is 0. The highest BCUT2D eigenvalue weighted by atomic mass is 16.5. The SMILES string of the molecule is COc1cccc2c1ncn2CCOc1ccc(NC(=O)Nc2cc(C(C)(C)C)nn2-c2ccc(C)cc2)c2ccccc12. The maximum absolute atomic E-state index is 13.4. The Morgan fingerprint density at radius 1 is 0.886 bits per heavy atom. The summed E-state index contributed by atoms with van der Waals surface area (Å²) in [5.74, 6) is 2.07. The van der Waals surface area contributed by atoms with Gasteiger partial charge < -0.3 is 19.4 Å². The number of rotatable bonds is 8. The average molecular weight is 589 g/mol. The fourth-order valence-electron chi connectivity index (χ4n) is 5.15. The number of aromatic nitrogens is 4. The van der Waals surface area contributed by atoms with Crippen LogP contribution in [0.2, 0.25) is 0 Å². The van der Waals surface area contributed by atoms with Crippen LogP contribution in [-0.2, 0) is 12.0 Å². The van der Waals surface area contributed by atoms with Crippen molar-refractivity contribution in [1.29, 1.82) is 0 Å². The third kappa shape index (κ3) is 5.81. The smallest absolute Gasteiger partial charge is 0.324 e. The van der Waals surface area contributed by atoms with Gasteiger partial charge in [-0.1, -0.05) is 68.8 Å². The lowest BCUT2D eigenvalue weighted by Crippen LogP contribution is -2.21. The zero-order chi connectivity index (χ0) is 30.8. The number of fused-ring (bicyclic) bond motifs is 2. The number of carbonyl (C=O) groups excluding carboxylic acids is 1. The maximum Gasteiger partial charge on any atom is 0.324 e. The van der Waals surface area contributed by atoms with Gasteiger partial charge in [0.25, 0.3) is 0 Å². The lowest BCUT2D eigenvalue weighted by molar-refractivity contribution is 0.262. The number of amides is 2. The minimum absolute atomic E-state index is 0.188. The molecule has 2 heterocycles. The number of aryl methyl sites for hydroxylation is 1. The van der Waals surface area contributed by atoms with Gasteiger partial charge in [-0.05, 0) is 43.3 Å². The third-order valence-electron chi connectivity index (χ3n) is 7.55. The molecule has 0 fully saturated rings. The minimum atomic E-state index is -0.361. The standard InChI is InChI=1S/C35H36N6O3/c1-23-13-15-24(16-14-23)41-32(21-31(39-41)35(2,3)4)38-34(42)37-27-17-18-29(26-10-7-6-9-25(26)27)44-20-19-40-22-36-33-28(40)11-8-12-30(33)43-5/h6-18,21-22H,19-20H2,1-5H3,(H2,37,38,42). The number of urea groups is 1. The van der Waals surface area contributed by atoms with Crippen LogP contribution in [0.25, 0.3) is 27.5 Å². The van der Waals surface area contributed by atoms with Crippen LogP contribution < -0.4 is 20.1 Å². The first-order chi connectivity index (χ1) is 21.2. The van der Waals surface area contributed by atoms with E-state index in [1.54, 1.807) is 18.1 Å². The molecular formula is C35H36N6O3. The van der Waals surface area contributed by atoms with Crippen LogP contribution in [0.4, 0.5) is 16.3 Å². The Labute approximate surface area is 256 Å². The van der Waals surface area contributed by atoms with Gasteiger partial charge in [-0.15, -0.1) is 0 Å². The number of nitrogens with one attached hydrogen (secondary N) is 2. The van der Waals surface area contributed by atoms with Crippen LogP contribution in [-0.4, -0.2) is 39.1 Å². The quantitative estimate of drug-likeness (QED) is 0.190. The molecule has 0 unspecified atom stereocenters. The Balaban J connectivity index is 1.20. The summed E-state index contributed by atoms with van der Waals surface area (Å²) in [5.41, 5.74) is 5.20. The molecule has 44 heavy (non-hydrogen) atoms. The van der Waals surface area contributed by atoms with Gasteiger partial charge in [0, 0.05) is 22.3 Å². The molecule has 0 atom stereocenters. The molecule has 224 valence electrons. The molecule has 6 aromatic rings. The second kappa shape index (κ2) is 11.8. The molecule has 4 aromatic carbocycles. The largest absolute Gasteiger partial charge is 0.494 e. The monoisotopic (exact) mass is 588 g/mol. The van der Waals surface area contributed by atoms with Crippen molar-refractivity contribution < 1.29 is 14.3 Å². The minimum Gasteiger partial charge on any atom is -0.494 e. The molecule has 0 radical (unpaired) electrons. The first-order valence-corrected chi connectivity index (χ1v) is 14.6. The summed E-state index contributed by atoms with van der Waals surface area (Å²) in [4.78, 5) is 17.9. The van der Waals surface area contributed by atoms with Crippen molar-refractivity contribution in [3.05, 3.63) is 103 Å². The predicted octanol–water partition coefficient (Wildman–Crippen LogP) is 7.71. The summed E-state index contributed by atoms with van der Waals surface area (Å²) in [6.45, 7) is 9.40. The molecule has 0 spiro atoms. The Morgan fingerprint density at radius 2 is 1.66 bits per heavy atom. The molecule has 6 rings (SSSR count). The van der Waals surface area contributed by atoms with E-state index in [0.29, 0.717) is 24.7 Å². The molecule has 9 nitrogen and oxygen atoms in total. The van der Waals surface area contributed by atoms with E-state index in [4.69, 9.17) is 14.6 Å². The first kappa shape index (κ1) is 28.8. The number of anilines is 2. The predicted molar refractivity (Wildman–Crippen MR) is 175 cm³/mol. The van der Waals surface area contributed by atoms with Crippen LogP contribution in [0, 0.1) is 6.92 Å². The normalized spacial score (nSPS) is 11.6. The van der Waals surface area contributed by atoms with Crippen LogP contribution in [0.15, 0.2) is 91.3 Å². The number of benzene rings is 4. The van der Waals surface area contributed by atoms with E-state index in [1.807, 2.05) is 96.4 Å². The number of hydrogen-bond acceptors (Lipinski definition) is 5. The molecule has 0 saturated heterocycles. The highest BCUT2D eigenvalue weighted by Gasteiger charge is 2.22. The van der Waals surface area contributed by atoms with Crippen molar-refractivity contribution in [2.75, 3.05) is 24.4 Å². The van der Waals surface area contributed by atoms with Gasteiger partial charge in [0.15, 0.2) is 0 Å². The van der Waals surface area contributed by atoms with Gasteiger partial charge in [-0.2, -0.15) is 5.10 Å². The summed E-state index contributed by atoms with van der Waals surface area (Å²) in [7, 11) is 1.65. The number of carbonyl (C=O) groups is 1. The topological polar surface area (TPSA) is 95.2 Å². The second-order valence-corrected chi connectivity index (χ2v) is 11.8. The Morgan fingerprint density at radius 3 is 2.41 bits per heavy atom. The van der Waals surface area contributed by atoms with E-state index in [0.717, 1.165) is 50.2 Å². The molecule has 0 aliphatic heterocycles. The van der Waals surface area contributed by atoms with Gasteiger partial charge in [-0.25, -0.2) is 14.5 Å². The molecule has 9 heteroatoms. The Bertz CT molecular complexity index is 1950. The van der Waals surface area contributed by atoms with Gasteiger partial charge in [0.1, 0.15) is 29.4 Å². The van der Waals surface area contributed by atoms with E-state index in [9.17, 15) is 4.79 Å². The molecular weight excluding hydrogens is 552 g/mol. The van der Waals surface area contributed by atoms with Crippen LogP contribution >= 0.6 is 0 Å². The Hall–Kier alpha value is -5.31. The highest BCUT2D eigenvalue weighted by Crippen LogP contribution is 2.33. The number of ether oxygens (including phenoxy) is 2. The van der Waals surface area contributed by atoms with Crippen molar-refractivity contribution in [2.45, 2.75) is 39.7 Å². The van der Waals surface area contributed by atoms with Gasteiger partial charge in [0.2, 0.25) is 0 Å². The fraction of sp³-hybridized carbons (Fsp3) is 0.229.